The standard InChI is InChI=1S/C39H25N5/c1-3-10-26(11-4-1)27-17-19-29(20-18-27)36-32-15-7-8-16-33(32)43-39(44-36)30-21-22-34-35(24-30)42-38(31-14-9-23-40-25-31)37(41-34)28-12-5-2-6-13-28/h1-25H. The smallest absolute Gasteiger partial charge is 0.160 e. The topological polar surface area (TPSA) is 64.5 Å². The van der Waals surface area contributed by atoms with E-state index in [1.54, 1.807) is 6.20 Å². The zero-order valence-electron chi connectivity index (χ0n) is 23.7. The van der Waals surface area contributed by atoms with E-state index < -0.39 is 0 Å². The number of para-hydroxylation sites is 1. The maximum Gasteiger partial charge on any atom is 0.160 e. The van der Waals surface area contributed by atoms with Gasteiger partial charge in [0.15, 0.2) is 5.82 Å². The Hall–Kier alpha value is -6.07. The number of benzene rings is 5. The lowest BCUT2D eigenvalue weighted by molar-refractivity contribution is 1.22. The summed E-state index contributed by atoms with van der Waals surface area (Å²) in [5, 5.41) is 1.01. The summed E-state index contributed by atoms with van der Waals surface area (Å²) in [6, 6.07) is 47.3. The molecule has 8 rings (SSSR count). The first-order valence-corrected chi connectivity index (χ1v) is 14.5. The zero-order chi connectivity index (χ0) is 29.3. The highest BCUT2D eigenvalue weighted by Gasteiger charge is 2.16. The van der Waals surface area contributed by atoms with Crippen LogP contribution in [0.3, 0.4) is 0 Å². The van der Waals surface area contributed by atoms with E-state index in [1.165, 1.54) is 11.1 Å². The average molecular weight is 564 g/mol. The fraction of sp³-hybridized carbons (Fsp3) is 0. The van der Waals surface area contributed by atoms with Crippen LogP contribution in [0.2, 0.25) is 0 Å². The molecule has 0 atom stereocenters. The molecule has 206 valence electrons. The summed E-state index contributed by atoms with van der Waals surface area (Å²) in [4.78, 5) is 24.7. The highest BCUT2D eigenvalue weighted by atomic mass is 14.9. The van der Waals surface area contributed by atoms with Gasteiger partial charge in [-0.15, -0.1) is 0 Å². The normalized spacial score (nSPS) is 11.2. The molecule has 5 aromatic carbocycles. The third kappa shape index (κ3) is 4.76. The molecule has 5 heteroatoms. The molecule has 0 N–H and O–H groups in total. The van der Waals surface area contributed by atoms with E-state index in [0.717, 1.165) is 61.3 Å². The average Bonchev–Trinajstić information content (AvgIpc) is 3.11. The summed E-state index contributed by atoms with van der Waals surface area (Å²) in [6.45, 7) is 0. The summed E-state index contributed by atoms with van der Waals surface area (Å²) in [5.74, 6) is 0.643. The van der Waals surface area contributed by atoms with Crippen molar-refractivity contribution in [2.75, 3.05) is 0 Å². The van der Waals surface area contributed by atoms with Gasteiger partial charge in [-0.1, -0.05) is 103 Å². The molecule has 0 radical (unpaired) electrons. The monoisotopic (exact) mass is 563 g/mol. The summed E-state index contributed by atoms with van der Waals surface area (Å²) < 4.78 is 0. The van der Waals surface area contributed by atoms with Crippen LogP contribution in [0.15, 0.2) is 152 Å². The van der Waals surface area contributed by atoms with Crippen molar-refractivity contribution in [3.63, 3.8) is 0 Å². The Balaban J connectivity index is 1.26. The number of fused-ring (bicyclic) bond motifs is 2. The Morgan fingerprint density at radius 3 is 1.70 bits per heavy atom. The molecule has 0 spiro atoms. The summed E-state index contributed by atoms with van der Waals surface area (Å²) in [6.07, 6.45) is 3.59. The first-order chi connectivity index (χ1) is 21.8. The van der Waals surface area contributed by atoms with Gasteiger partial charge in [0.05, 0.1) is 33.6 Å². The minimum Gasteiger partial charge on any atom is -0.264 e. The second kappa shape index (κ2) is 11.0. The van der Waals surface area contributed by atoms with Gasteiger partial charge in [0.25, 0.3) is 0 Å². The molecule has 5 nitrogen and oxygen atoms in total. The quantitative estimate of drug-likeness (QED) is 0.209. The highest BCUT2D eigenvalue weighted by molar-refractivity contribution is 5.95. The molecule has 0 unspecified atom stereocenters. The lowest BCUT2D eigenvalue weighted by Gasteiger charge is -2.12. The molecule has 0 fully saturated rings. The predicted molar refractivity (Wildman–Crippen MR) is 178 cm³/mol. The molecule has 0 aliphatic carbocycles. The summed E-state index contributed by atoms with van der Waals surface area (Å²) in [7, 11) is 0. The van der Waals surface area contributed by atoms with Crippen molar-refractivity contribution in [2.24, 2.45) is 0 Å². The van der Waals surface area contributed by atoms with Crippen LogP contribution in [0.4, 0.5) is 0 Å². The second-order valence-corrected chi connectivity index (χ2v) is 10.6. The van der Waals surface area contributed by atoms with E-state index in [-0.39, 0.29) is 0 Å². The van der Waals surface area contributed by atoms with Crippen molar-refractivity contribution in [3.8, 4) is 56.3 Å². The molecule has 0 aliphatic rings. The molecule has 0 saturated heterocycles. The van der Waals surface area contributed by atoms with Crippen molar-refractivity contribution in [3.05, 3.63) is 152 Å². The first-order valence-electron chi connectivity index (χ1n) is 14.5. The Kier molecular flexibility index (Phi) is 6.39. The van der Waals surface area contributed by atoms with Gasteiger partial charge in [-0.2, -0.15) is 0 Å². The van der Waals surface area contributed by atoms with Crippen LogP contribution < -0.4 is 0 Å². The Morgan fingerprint density at radius 1 is 0.341 bits per heavy atom. The van der Waals surface area contributed by atoms with Crippen LogP contribution >= 0.6 is 0 Å². The molecular formula is C39H25N5. The molecule has 3 aromatic heterocycles. The lowest BCUT2D eigenvalue weighted by Crippen LogP contribution is -1.98. The van der Waals surface area contributed by atoms with Crippen LogP contribution in [-0.2, 0) is 0 Å². The van der Waals surface area contributed by atoms with Crippen molar-refractivity contribution in [1.29, 1.82) is 0 Å². The third-order valence-corrected chi connectivity index (χ3v) is 7.77. The number of hydrogen-bond acceptors (Lipinski definition) is 5. The van der Waals surface area contributed by atoms with E-state index in [2.05, 4.69) is 71.7 Å². The van der Waals surface area contributed by atoms with E-state index in [0.29, 0.717) is 5.82 Å². The van der Waals surface area contributed by atoms with Gasteiger partial charge in [0, 0.05) is 40.0 Å². The zero-order valence-corrected chi connectivity index (χ0v) is 23.7. The molecule has 3 heterocycles. The van der Waals surface area contributed by atoms with Crippen molar-refractivity contribution in [2.45, 2.75) is 0 Å². The van der Waals surface area contributed by atoms with Crippen molar-refractivity contribution >= 4 is 21.9 Å². The van der Waals surface area contributed by atoms with Crippen molar-refractivity contribution < 1.29 is 0 Å². The maximum absolute atomic E-state index is 5.13. The number of nitrogens with zero attached hydrogens (tertiary/aromatic N) is 5. The van der Waals surface area contributed by atoms with Crippen LogP contribution in [0.25, 0.3) is 78.2 Å². The second-order valence-electron chi connectivity index (χ2n) is 10.6. The summed E-state index contributed by atoms with van der Waals surface area (Å²) in [5.41, 5.74) is 11.2. The van der Waals surface area contributed by atoms with Gasteiger partial charge in [0.2, 0.25) is 0 Å². The number of pyridine rings is 1. The molecule has 44 heavy (non-hydrogen) atoms. The highest BCUT2D eigenvalue weighted by Crippen LogP contribution is 2.34. The minimum atomic E-state index is 0.643. The van der Waals surface area contributed by atoms with Gasteiger partial charge in [-0.25, -0.2) is 19.9 Å². The first kappa shape index (κ1) is 25.6. The molecule has 0 amide bonds. The van der Waals surface area contributed by atoms with Crippen LogP contribution in [0.1, 0.15) is 0 Å². The Bertz CT molecular complexity index is 2250. The molecular weight excluding hydrogens is 538 g/mol. The van der Waals surface area contributed by atoms with Crippen LogP contribution in [-0.4, -0.2) is 24.9 Å². The molecule has 0 aliphatic heterocycles. The largest absolute Gasteiger partial charge is 0.264 e. The van der Waals surface area contributed by atoms with E-state index in [4.69, 9.17) is 19.9 Å². The molecule has 8 aromatic rings. The lowest BCUT2D eigenvalue weighted by atomic mass is 10.0. The third-order valence-electron chi connectivity index (χ3n) is 7.77. The number of hydrogen-bond donors (Lipinski definition) is 0. The number of rotatable bonds is 5. The summed E-state index contributed by atoms with van der Waals surface area (Å²) >= 11 is 0. The van der Waals surface area contributed by atoms with Crippen molar-refractivity contribution in [1.82, 2.24) is 24.9 Å². The van der Waals surface area contributed by atoms with E-state index in [9.17, 15) is 0 Å². The molecule has 0 saturated carbocycles. The van der Waals surface area contributed by atoms with Crippen LogP contribution in [0.5, 0.6) is 0 Å². The predicted octanol–water partition coefficient (Wildman–Crippen LogP) is 9.30. The van der Waals surface area contributed by atoms with Crippen LogP contribution in [0, 0.1) is 0 Å². The SMILES string of the molecule is c1ccc(-c2ccc(-c3nc(-c4ccc5nc(-c6ccccc6)c(-c6cccnc6)nc5c4)nc4ccccc34)cc2)cc1. The van der Waals surface area contributed by atoms with Gasteiger partial charge in [-0.05, 0) is 47.5 Å². The van der Waals surface area contributed by atoms with Gasteiger partial charge >= 0.3 is 0 Å². The van der Waals surface area contributed by atoms with Gasteiger partial charge in [-0.3, -0.25) is 4.98 Å². The van der Waals surface area contributed by atoms with Gasteiger partial charge < -0.3 is 0 Å². The maximum atomic E-state index is 5.13. The molecule has 0 bridgehead atoms. The van der Waals surface area contributed by atoms with E-state index >= 15 is 0 Å². The fourth-order valence-electron chi connectivity index (χ4n) is 5.57. The van der Waals surface area contributed by atoms with E-state index in [1.807, 2.05) is 79.0 Å². The Labute approximate surface area is 254 Å². The number of aromatic nitrogens is 5. The van der Waals surface area contributed by atoms with Gasteiger partial charge in [0.1, 0.15) is 0 Å². The minimum absolute atomic E-state index is 0.643. The Morgan fingerprint density at radius 2 is 0.932 bits per heavy atom. The fourth-order valence-corrected chi connectivity index (χ4v) is 5.57.